The zero-order chi connectivity index (χ0) is 18.5. The summed E-state index contributed by atoms with van der Waals surface area (Å²) in [5, 5.41) is 0. The standard InChI is InChI=1S/C20H18N2O4/c1-12-15(6-4-13-10-21-11-22(12)13)19(24)25-14-5-7-18-16(8-14)17(23)9-20(2,3)26-18/h4-8,10-11H,9H2,1-3H3. The van der Waals surface area contributed by atoms with E-state index in [9.17, 15) is 9.59 Å². The molecular weight excluding hydrogens is 332 g/mol. The molecule has 4 rings (SSSR count). The highest BCUT2D eigenvalue weighted by atomic mass is 16.5. The van der Waals surface area contributed by atoms with Crippen LogP contribution in [0.2, 0.25) is 0 Å². The molecule has 6 heteroatoms. The molecule has 3 aromatic rings. The van der Waals surface area contributed by atoms with Crippen LogP contribution in [0.4, 0.5) is 0 Å². The lowest BCUT2D eigenvalue weighted by atomic mass is 9.93. The van der Waals surface area contributed by atoms with E-state index in [1.807, 2.05) is 31.2 Å². The van der Waals surface area contributed by atoms with Gasteiger partial charge in [0.15, 0.2) is 5.78 Å². The molecule has 0 unspecified atom stereocenters. The number of imidazole rings is 1. The summed E-state index contributed by atoms with van der Waals surface area (Å²) in [7, 11) is 0. The summed E-state index contributed by atoms with van der Waals surface area (Å²) in [4.78, 5) is 29.0. The fourth-order valence-electron chi connectivity index (χ4n) is 3.20. The smallest absolute Gasteiger partial charge is 0.345 e. The van der Waals surface area contributed by atoms with Crippen LogP contribution >= 0.6 is 0 Å². The van der Waals surface area contributed by atoms with Crippen molar-refractivity contribution in [2.45, 2.75) is 32.8 Å². The van der Waals surface area contributed by atoms with E-state index in [1.54, 1.807) is 36.8 Å². The van der Waals surface area contributed by atoms with E-state index >= 15 is 0 Å². The number of esters is 1. The minimum Gasteiger partial charge on any atom is -0.487 e. The summed E-state index contributed by atoms with van der Waals surface area (Å²) in [5.41, 5.74) is 2.00. The zero-order valence-corrected chi connectivity index (χ0v) is 14.8. The molecule has 26 heavy (non-hydrogen) atoms. The number of carbonyl (C=O) groups is 2. The Labute approximate surface area is 150 Å². The van der Waals surface area contributed by atoms with Gasteiger partial charge in [-0.15, -0.1) is 0 Å². The Balaban J connectivity index is 1.63. The number of hydrogen-bond acceptors (Lipinski definition) is 5. The number of hydrogen-bond donors (Lipinski definition) is 0. The molecule has 0 bridgehead atoms. The summed E-state index contributed by atoms with van der Waals surface area (Å²) in [6.07, 6.45) is 3.66. The van der Waals surface area contributed by atoms with E-state index in [1.165, 1.54) is 0 Å². The number of ether oxygens (including phenoxy) is 2. The van der Waals surface area contributed by atoms with Crippen molar-refractivity contribution in [3.05, 3.63) is 59.7 Å². The maximum atomic E-state index is 12.6. The van der Waals surface area contributed by atoms with E-state index in [0.29, 0.717) is 22.6 Å². The second-order valence-electron chi connectivity index (χ2n) is 7.03. The first-order valence-corrected chi connectivity index (χ1v) is 8.34. The Hall–Kier alpha value is -3.15. The number of Topliss-reactive ketones (excluding diaryl/α,β-unsaturated/α-hetero) is 1. The van der Waals surface area contributed by atoms with Crippen molar-refractivity contribution in [2.75, 3.05) is 0 Å². The van der Waals surface area contributed by atoms with Gasteiger partial charge < -0.3 is 13.9 Å². The molecule has 0 aliphatic carbocycles. The van der Waals surface area contributed by atoms with E-state index in [-0.39, 0.29) is 12.2 Å². The van der Waals surface area contributed by atoms with Gasteiger partial charge in [-0.3, -0.25) is 4.79 Å². The predicted molar refractivity (Wildman–Crippen MR) is 95.0 cm³/mol. The van der Waals surface area contributed by atoms with Crippen LogP contribution < -0.4 is 9.47 Å². The van der Waals surface area contributed by atoms with Crippen LogP contribution in [0, 0.1) is 6.92 Å². The summed E-state index contributed by atoms with van der Waals surface area (Å²) in [5.74, 6) is 0.324. The molecule has 1 aliphatic rings. The fraction of sp³-hybridized carbons (Fsp3) is 0.250. The van der Waals surface area contributed by atoms with Gasteiger partial charge in [0.2, 0.25) is 0 Å². The highest BCUT2D eigenvalue weighted by Gasteiger charge is 2.32. The highest BCUT2D eigenvalue weighted by molar-refractivity contribution is 6.01. The highest BCUT2D eigenvalue weighted by Crippen LogP contribution is 2.35. The first-order chi connectivity index (χ1) is 12.3. The van der Waals surface area contributed by atoms with Gasteiger partial charge in [0.25, 0.3) is 0 Å². The van der Waals surface area contributed by atoms with Crippen LogP contribution in [0.15, 0.2) is 42.9 Å². The molecule has 0 saturated heterocycles. The topological polar surface area (TPSA) is 69.9 Å². The monoisotopic (exact) mass is 350 g/mol. The minimum absolute atomic E-state index is 0.0230. The van der Waals surface area contributed by atoms with Crippen molar-refractivity contribution in [1.82, 2.24) is 9.38 Å². The van der Waals surface area contributed by atoms with Gasteiger partial charge >= 0.3 is 5.97 Å². The average molecular weight is 350 g/mol. The van der Waals surface area contributed by atoms with E-state index in [4.69, 9.17) is 9.47 Å². The van der Waals surface area contributed by atoms with Gasteiger partial charge in [-0.05, 0) is 51.1 Å². The van der Waals surface area contributed by atoms with Crippen LogP contribution in [-0.4, -0.2) is 26.7 Å². The number of pyridine rings is 1. The molecule has 0 radical (unpaired) electrons. The Morgan fingerprint density at radius 1 is 1.27 bits per heavy atom. The van der Waals surface area contributed by atoms with Crippen molar-refractivity contribution in [3.8, 4) is 11.5 Å². The van der Waals surface area contributed by atoms with Crippen molar-refractivity contribution in [1.29, 1.82) is 0 Å². The minimum atomic E-state index is -0.528. The van der Waals surface area contributed by atoms with Crippen LogP contribution in [0.1, 0.15) is 46.7 Å². The van der Waals surface area contributed by atoms with Gasteiger partial charge in [0.1, 0.15) is 17.1 Å². The lowest BCUT2D eigenvalue weighted by Gasteiger charge is -2.31. The lowest BCUT2D eigenvalue weighted by Crippen LogP contribution is -2.35. The van der Waals surface area contributed by atoms with E-state index in [0.717, 1.165) is 11.2 Å². The normalized spacial score (nSPS) is 15.4. The van der Waals surface area contributed by atoms with E-state index in [2.05, 4.69) is 4.98 Å². The molecule has 0 saturated carbocycles. The molecule has 3 heterocycles. The van der Waals surface area contributed by atoms with Gasteiger partial charge in [0.05, 0.1) is 35.6 Å². The van der Waals surface area contributed by atoms with Crippen molar-refractivity contribution in [3.63, 3.8) is 0 Å². The Morgan fingerprint density at radius 3 is 2.88 bits per heavy atom. The molecule has 0 fully saturated rings. The molecule has 0 amide bonds. The number of aryl methyl sites for hydroxylation is 1. The molecule has 132 valence electrons. The van der Waals surface area contributed by atoms with Crippen molar-refractivity contribution >= 4 is 17.3 Å². The van der Waals surface area contributed by atoms with Crippen LogP contribution in [0.5, 0.6) is 11.5 Å². The molecule has 0 spiro atoms. The van der Waals surface area contributed by atoms with Gasteiger partial charge in [-0.25, -0.2) is 9.78 Å². The number of ketones is 1. The van der Waals surface area contributed by atoms with Gasteiger partial charge in [0, 0.05) is 5.69 Å². The van der Waals surface area contributed by atoms with Gasteiger partial charge in [-0.2, -0.15) is 0 Å². The lowest BCUT2D eigenvalue weighted by molar-refractivity contribution is 0.0612. The summed E-state index contributed by atoms with van der Waals surface area (Å²) < 4.78 is 13.1. The summed E-state index contributed by atoms with van der Waals surface area (Å²) in [6.45, 7) is 5.57. The Kier molecular flexibility index (Phi) is 3.57. The molecule has 2 aromatic heterocycles. The van der Waals surface area contributed by atoms with Crippen molar-refractivity contribution < 1.29 is 19.1 Å². The SMILES string of the molecule is Cc1c(C(=O)Oc2ccc3c(c2)C(=O)CC(C)(C)O3)ccc2cncn12. The quantitative estimate of drug-likeness (QED) is 0.522. The number of nitrogens with zero attached hydrogens (tertiary/aromatic N) is 2. The van der Waals surface area contributed by atoms with Crippen molar-refractivity contribution in [2.24, 2.45) is 0 Å². The summed E-state index contributed by atoms with van der Waals surface area (Å²) in [6, 6.07) is 8.39. The first-order valence-electron chi connectivity index (χ1n) is 8.34. The molecule has 0 N–H and O–H groups in total. The third-order valence-electron chi connectivity index (χ3n) is 4.49. The second-order valence-corrected chi connectivity index (χ2v) is 7.03. The van der Waals surface area contributed by atoms with Crippen LogP contribution in [0.3, 0.4) is 0 Å². The molecule has 6 nitrogen and oxygen atoms in total. The number of aromatic nitrogens is 2. The number of carbonyl (C=O) groups excluding carboxylic acids is 2. The number of rotatable bonds is 2. The molecule has 0 atom stereocenters. The summed E-state index contributed by atoms with van der Waals surface area (Å²) >= 11 is 0. The molecular formula is C20H18N2O4. The first kappa shape index (κ1) is 16.3. The maximum absolute atomic E-state index is 12.6. The zero-order valence-electron chi connectivity index (χ0n) is 14.8. The third-order valence-corrected chi connectivity index (χ3v) is 4.49. The van der Waals surface area contributed by atoms with Crippen LogP contribution in [-0.2, 0) is 0 Å². The largest absolute Gasteiger partial charge is 0.487 e. The second kappa shape index (κ2) is 5.69. The maximum Gasteiger partial charge on any atom is 0.345 e. The Morgan fingerprint density at radius 2 is 2.08 bits per heavy atom. The fourth-order valence-corrected chi connectivity index (χ4v) is 3.20. The average Bonchev–Trinajstić information content (AvgIpc) is 3.04. The van der Waals surface area contributed by atoms with E-state index < -0.39 is 11.6 Å². The molecule has 1 aromatic carbocycles. The molecule has 1 aliphatic heterocycles. The third kappa shape index (κ3) is 2.73. The Bertz CT molecular complexity index is 1050. The number of fused-ring (bicyclic) bond motifs is 2. The van der Waals surface area contributed by atoms with Crippen LogP contribution in [0.25, 0.3) is 5.52 Å². The number of benzene rings is 1. The van der Waals surface area contributed by atoms with Gasteiger partial charge in [-0.1, -0.05) is 0 Å². The predicted octanol–water partition coefficient (Wildman–Crippen LogP) is 3.61.